The molecule has 1 amide bonds. The van der Waals surface area contributed by atoms with Gasteiger partial charge in [0.15, 0.2) is 5.96 Å². The number of guanidine groups is 1. The molecule has 1 heterocycles. The van der Waals surface area contributed by atoms with Crippen LogP contribution in [0.5, 0.6) is 0 Å². The van der Waals surface area contributed by atoms with E-state index in [4.69, 9.17) is 0 Å². The quantitative estimate of drug-likeness (QED) is 0.497. The number of rotatable bonds is 8. The fraction of sp³-hybridized carbons (Fsp3) is 0.368. The van der Waals surface area contributed by atoms with Crippen LogP contribution in [0.15, 0.2) is 46.1 Å². The zero-order valence-corrected chi connectivity index (χ0v) is 15.7. The smallest absolute Gasteiger partial charge is 0.224 e. The predicted octanol–water partition coefficient (Wildman–Crippen LogP) is 3.74. The van der Waals surface area contributed by atoms with Crippen LogP contribution >= 0.6 is 11.3 Å². The summed E-state index contributed by atoms with van der Waals surface area (Å²) in [5, 5.41) is 13.7. The van der Waals surface area contributed by atoms with Crippen molar-refractivity contribution in [3.63, 3.8) is 0 Å². The zero-order chi connectivity index (χ0) is 17.9. The summed E-state index contributed by atoms with van der Waals surface area (Å²) in [6.07, 6.45) is 1.39. The van der Waals surface area contributed by atoms with Gasteiger partial charge < -0.3 is 16.0 Å². The number of benzene rings is 1. The Balaban J connectivity index is 1.93. The maximum Gasteiger partial charge on any atom is 0.224 e. The van der Waals surface area contributed by atoms with Crippen molar-refractivity contribution in [2.45, 2.75) is 39.8 Å². The molecule has 0 saturated carbocycles. The normalized spacial score (nSPS) is 11.2. The summed E-state index contributed by atoms with van der Waals surface area (Å²) in [6.45, 7) is 6.16. The Bertz CT molecular complexity index is 682. The number of amides is 1. The summed E-state index contributed by atoms with van der Waals surface area (Å²) >= 11 is 1.68. The van der Waals surface area contributed by atoms with Gasteiger partial charge in [0.2, 0.25) is 5.91 Å². The van der Waals surface area contributed by atoms with E-state index in [-0.39, 0.29) is 5.91 Å². The molecule has 2 rings (SSSR count). The van der Waals surface area contributed by atoms with Crippen LogP contribution in [0.1, 0.15) is 37.8 Å². The molecule has 0 radical (unpaired) electrons. The molecule has 0 aliphatic rings. The van der Waals surface area contributed by atoms with Gasteiger partial charge in [0.25, 0.3) is 0 Å². The topological polar surface area (TPSA) is 65.5 Å². The van der Waals surface area contributed by atoms with Crippen molar-refractivity contribution < 1.29 is 4.79 Å². The molecular weight excluding hydrogens is 332 g/mol. The van der Waals surface area contributed by atoms with E-state index in [2.05, 4.69) is 37.8 Å². The van der Waals surface area contributed by atoms with Crippen LogP contribution in [-0.4, -0.2) is 18.4 Å². The third-order valence-electron chi connectivity index (χ3n) is 3.49. The number of aliphatic imine (C=N–C) groups is 1. The van der Waals surface area contributed by atoms with E-state index >= 15 is 0 Å². The number of carbonyl (C=O) groups excluding carboxylic acids is 1. The minimum absolute atomic E-state index is 0.0540. The number of nitrogens with one attached hydrogen (secondary N) is 3. The molecule has 0 bridgehead atoms. The molecule has 0 atom stereocenters. The van der Waals surface area contributed by atoms with Gasteiger partial charge in [-0.15, -0.1) is 0 Å². The molecule has 1 aromatic carbocycles. The summed E-state index contributed by atoms with van der Waals surface area (Å²) < 4.78 is 0. The highest BCUT2D eigenvalue weighted by Crippen LogP contribution is 2.11. The number of thiophene rings is 1. The Kier molecular flexibility index (Phi) is 7.98. The lowest BCUT2D eigenvalue weighted by atomic mass is 10.2. The van der Waals surface area contributed by atoms with Gasteiger partial charge in [-0.1, -0.05) is 19.1 Å². The van der Waals surface area contributed by atoms with Gasteiger partial charge in [-0.3, -0.25) is 4.79 Å². The van der Waals surface area contributed by atoms with Crippen molar-refractivity contribution in [3.05, 3.63) is 52.2 Å². The van der Waals surface area contributed by atoms with Crippen molar-refractivity contribution in [3.8, 4) is 0 Å². The van der Waals surface area contributed by atoms with Gasteiger partial charge >= 0.3 is 0 Å². The van der Waals surface area contributed by atoms with E-state index in [0.29, 0.717) is 19.5 Å². The minimum Gasteiger partial charge on any atom is -0.357 e. The van der Waals surface area contributed by atoms with Crippen LogP contribution in [0.3, 0.4) is 0 Å². The van der Waals surface area contributed by atoms with Gasteiger partial charge in [-0.2, -0.15) is 11.3 Å². The Morgan fingerprint density at radius 1 is 1.16 bits per heavy atom. The maximum absolute atomic E-state index is 11.7. The van der Waals surface area contributed by atoms with Crippen LogP contribution in [0.2, 0.25) is 0 Å². The number of nitrogens with zero attached hydrogens (tertiary/aromatic N) is 1. The number of hydrogen-bond donors (Lipinski definition) is 3. The SMILES string of the molecule is CCCC(=O)Nc1cccc(CNC(=NCc2ccsc2)NCC)c1. The van der Waals surface area contributed by atoms with Crippen molar-refractivity contribution in [1.29, 1.82) is 0 Å². The highest BCUT2D eigenvalue weighted by atomic mass is 32.1. The molecule has 0 aliphatic heterocycles. The Morgan fingerprint density at radius 2 is 2.04 bits per heavy atom. The van der Waals surface area contributed by atoms with Crippen molar-refractivity contribution >= 4 is 28.9 Å². The van der Waals surface area contributed by atoms with E-state index < -0.39 is 0 Å². The van der Waals surface area contributed by atoms with E-state index in [1.54, 1.807) is 11.3 Å². The molecule has 25 heavy (non-hydrogen) atoms. The molecule has 5 nitrogen and oxygen atoms in total. The van der Waals surface area contributed by atoms with E-state index in [0.717, 1.165) is 30.2 Å². The molecule has 134 valence electrons. The van der Waals surface area contributed by atoms with E-state index in [9.17, 15) is 4.79 Å². The molecule has 0 unspecified atom stereocenters. The lowest BCUT2D eigenvalue weighted by Crippen LogP contribution is -2.36. The first-order valence-electron chi connectivity index (χ1n) is 8.63. The monoisotopic (exact) mass is 358 g/mol. The molecular formula is C19H26N4OS. The third kappa shape index (κ3) is 6.97. The average molecular weight is 359 g/mol. The first kappa shape index (κ1) is 19.0. The third-order valence-corrected chi connectivity index (χ3v) is 4.22. The predicted molar refractivity (Wildman–Crippen MR) is 106 cm³/mol. The molecule has 6 heteroatoms. The minimum atomic E-state index is 0.0540. The molecule has 0 saturated heterocycles. The van der Waals surface area contributed by atoms with Crippen molar-refractivity contribution in [1.82, 2.24) is 10.6 Å². The molecule has 2 aromatic rings. The molecule has 0 fully saturated rings. The van der Waals surface area contributed by atoms with E-state index in [1.165, 1.54) is 5.56 Å². The molecule has 0 spiro atoms. The fourth-order valence-corrected chi connectivity index (χ4v) is 2.95. The van der Waals surface area contributed by atoms with Crippen LogP contribution in [0.25, 0.3) is 0 Å². The van der Waals surface area contributed by atoms with Crippen LogP contribution in [0, 0.1) is 0 Å². The average Bonchev–Trinajstić information content (AvgIpc) is 3.11. The second kappa shape index (κ2) is 10.5. The Hall–Kier alpha value is -2.34. The van der Waals surface area contributed by atoms with Crippen LogP contribution < -0.4 is 16.0 Å². The van der Waals surface area contributed by atoms with Crippen LogP contribution in [0.4, 0.5) is 5.69 Å². The summed E-state index contributed by atoms with van der Waals surface area (Å²) in [6, 6.07) is 9.97. The summed E-state index contributed by atoms with van der Waals surface area (Å²) in [5.41, 5.74) is 3.14. The number of hydrogen-bond acceptors (Lipinski definition) is 3. The lowest BCUT2D eigenvalue weighted by Gasteiger charge is -2.12. The maximum atomic E-state index is 11.7. The van der Waals surface area contributed by atoms with Gasteiger partial charge in [0.1, 0.15) is 0 Å². The van der Waals surface area contributed by atoms with Crippen molar-refractivity contribution in [2.75, 3.05) is 11.9 Å². The Morgan fingerprint density at radius 3 is 2.76 bits per heavy atom. The highest BCUT2D eigenvalue weighted by molar-refractivity contribution is 7.07. The van der Waals surface area contributed by atoms with Gasteiger partial charge in [-0.05, 0) is 53.4 Å². The summed E-state index contributed by atoms with van der Waals surface area (Å²) in [5.74, 6) is 0.840. The first-order chi connectivity index (χ1) is 12.2. The van der Waals surface area contributed by atoms with Gasteiger partial charge in [0.05, 0.1) is 6.54 Å². The first-order valence-corrected chi connectivity index (χ1v) is 9.57. The molecule has 1 aromatic heterocycles. The summed E-state index contributed by atoms with van der Waals surface area (Å²) in [7, 11) is 0. The second-order valence-electron chi connectivity index (χ2n) is 5.68. The zero-order valence-electron chi connectivity index (χ0n) is 14.8. The van der Waals surface area contributed by atoms with Crippen molar-refractivity contribution in [2.24, 2.45) is 4.99 Å². The highest BCUT2D eigenvalue weighted by Gasteiger charge is 2.03. The summed E-state index contributed by atoms with van der Waals surface area (Å²) in [4.78, 5) is 16.3. The standard InChI is InChI=1S/C19H26N4OS/c1-3-6-18(24)23-17-8-5-7-15(11-17)12-21-19(20-4-2)22-13-16-9-10-25-14-16/h5,7-11,14H,3-4,6,12-13H2,1-2H3,(H,23,24)(H2,20,21,22). The van der Waals surface area contributed by atoms with Gasteiger partial charge in [-0.25, -0.2) is 4.99 Å². The molecule has 0 aliphatic carbocycles. The lowest BCUT2D eigenvalue weighted by molar-refractivity contribution is -0.116. The molecule has 3 N–H and O–H groups in total. The van der Waals surface area contributed by atoms with E-state index in [1.807, 2.05) is 38.1 Å². The fourth-order valence-electron chi connectivity index (χ4n) is 2.29. The second-order valence-corrected chi connectivity index (χ2v) is 6.46. The number of carbonyl (C=O) groups is 1. The number of anilines is 1. The Labute approximate surface area is 153 Å². The largest absolute Gasteiger partial charge is 0.357 e. The van der Waals surface area contributed by atoms with Crippen LogP contribution in [-0.2, 0) is 17.9 Å². The van der Waals surface area contributed by atoms with Gasteiger partial charge in [0, 0.05) is 25.2 Å².